The van der Waals surface area contributed by atoms with E-state index in [-0.39, 0.29) is 30.3 Å². The smallest absolute Gasteiger partial charge is 0.246 e. The number of nitrogens with one attached hydrogen (secondary N) is 3. The second kappa shape index (κ2) is 10.7. The molecule has 3 rings (SSSR count). The Morgan fingerprint density at radius 2 is 1.68 bits per heavy atom. The summed E-state index contributed by atoms with van der Waals surface area (Å²) >= 11 is 1.42. The molecular formula is C22H24F3N3O2S. The van der Waals surface area contributed by atoms with Crippen LogP contribution < -0.4 is 16.0 Å². The van der Waals surface area contributed by atoms with Crippen LogP contribution in [-0.4, -0.2) is 36.2 Å². The Balaban J connectivity index is 1.56. The first-order chi connectivity index (χ1) is 14.9. The minimum absolute atomic E-state index is 0.101. The van der Waals surface area contributed by atoms with E-state index in [4.69, 9.17) is 0 Å². The van der Waals surface area contributed by atoms with Crippen molar-refractivity contribution in [3.05, 3.63) is 65.5 Å². The maximum Gasteiger partial charge on any atom is 0.246 e. The quantitative estimate of drug-likeness (QED) is 0.540. The predicted molar refractivity (Wildman–Crippen MR) is 113 cm³/mol. The van der Waals surface area contributed by atoms with Crippen LogP contribution in [0.5, 0.6) is 0 Å². The molecule has 9 heteroatoms. The molecule has 0 aliphatic carbocycles. The summed E-state index contributed by atoms with van der Waals surface area (Å²) < 4.78 is 39.9. The van der Waals surface area contributed by atoms with Crippen molar-refractivity contribution in [1.82, 2.24) is 16.0 Å². The molecule has 1 fully saturated rings. The molecule has 1 heterocycles. The zero-order valence-electron chi connectivity index (χ0n) is 16.8. The van der Waals surface area contributed by atoms with Gasteiger partial charge in [-0.3, -0.25) is 9.59 Å². The van der Waals surface area contributed by atoms with Crippen LogP contribution in [0.25, 0.3) is 0 Å². The van der Waals surface area contributed by atoms with Crippen LogP contribution in [0.1, 0.15) is 24.8 Å². The molecule has 1 aliphatic heterocycles. The minimum Gasteiger partial charge on any atom is -0.350 e. The number of thioether (sulfide) groups is 1. The first-order valence-electron chi connectivity index (χ1n) is 10.0. The van der Waals surface area contributed by atoms with E-state index in [1.807, 2.05) is 0 Å². The van der Waals surface area contributed by atoms with Crippen LogP contribution in [0, 0.1) is 17.5 Å². The summed E-state index contributed by atoms with van der Waals surface area (Å²) in [6, 6.07) is 9.20. The maximum atomic E-state index is 13.9. The molecule has 0 spiro atoms. The molecule has 0 saturated carbocycles. The Hall–Kier alpha value is -2.52. The summed E-state index contributed by atoms with van der Waals surface area (Å²) in [7, 11) is 0. The zero-order chi connectivity index (χ0) is 22.3. The number of hydrogen-bond donors (Lipinski definition) is 3. The Bertz CT molecular complexity index is 919. The highest BCUT2D eigenvalue weighted by molar-refractivity contribution is 7.99. The van der Waals surface area contributed by atoms with Crippen molar-refractivity contribution >= 4 is 23.6 Å². The van der Waals surface area contributed by atoms with Crippen LogP contribution in [-0.2, 0) is 16.1 Å². The van der Waals surface area contributed by atoms with E-state index in [0.717, 1.165) is 17.0 Å². The summed E-state index contributed by atoms with van der Waals surface area (Å²) in [6.45, 7) is 1.02. The van der Waals surface area contributed by atoms with Gasteiger partial charge in [0.15, 0.2) is 0 Å². The molecule has 2 aromatic carbocycles. The summed E-state index contributed by atoms with van der Waals surface area (Å²) in [5.41, 5.74) is -0.916. The van der Waals surface area contributed by atoms with E-state index < -0.39 is 23.1 Å². The normalized spacial score (nSPS) is 15.3. The molecule has 0 bridgehead atoms. The van der Waals surface area contributed by atoms with Gasteiger partial charge in [0.2, 0.25) is 11.8 Å². The third kappa shape index (κ3) is 6.48. The second-order valence-electron chi connectivity index (χ2n) is 7.35. The molecule has 31 heavy (non-hydrogen) atoms. The van der Waals surface area contributed by atoms with Crippen molar-refractivity contribution in [2.24, 2.45) is 0 Å². The van der Waals surface area contributed by atoms with Crippen molar-refractivity contribution in [2.45, 2.75) is 36.2 Å². The van der Waals surface area contributed by atoms with Gasteiger partial charge in [-0.1, -0.05) is 6.07 Å². The SMILES string of the molecule is O=C(CCSc1ccc(F)cc1)NC1(C(=O)NCc2ccc(F)cc2F)CCNCC1. The fraction of sp³-hybridized carbons (Fsp3) is 0.364. The number of piperidine rings is 1. The summed E-state index contributed by atoms with van der Waals surface area (Å²) in [6.07, 6.45) is 1.00. The molecule has 1 saturated heterocycles. The topological polar surface area (TPSA) is 70.2 Å². The molecule has 1 aliphatic rings. The molecule has 0 atom stereocenters. The van der Waals surface area contributed by atoms with Crippen molar-refractivity contribution in [3.8, 4) is 0 Å². The van der Waals surface area contributed by atoms with Gasteiger partial charge in [-0.25, -0.2) is 13.2 Å². The highest BCUT2D eigenvalue weighted by Crippen LogP contribution is 2.22. The van der Waals surface area contributed by atoms with Crippen LogP contribution in [0.15, 0.2) is 47.4 Å². The van der Waals surface area contributed by atoms with Gasteiger partial charge in [-0.05, 0) is 56.3 Å². The molecular weight excluding hydrogens is 427 g/mol. The van der Waals surface area contributed by atoms with Gasteiger partial charge < -0.3 is 16.0 Å². The van der Waals surface area contributed by atoms with E-state index in [0.29, 0.717) is 31.7 Å². The summed E-state index contributed by atoms with van der Waals surface area (Å²) in [5, 5.41) is 8.71. The van der Waals surface area contributed by atoms with Gasteiger partial charge in [0.25, 0.3) is 0 Å². The lowest BCUT2D eigenvalue weighted by Gasteiger charge is -2.37. The van der Waals surface area contributed by atoms with Gasteiger partial charge in [0.05, 0.1) is 0 Å². The largest absolute Gasteiger partial charge is 0.350 e. The molecule has 5 nitrogen and oxygen atoms in total. The third-order valence-electron chi connectivity index (χ3n) is 5.14. The Morgan fingerprint density at radius 1 is 1.00 bits per heavy atom. The molecule has 0 radical (unpaired) electrons. The number of amides is 2. The van der Waals surface area contributed by atoms with Crippen LogP contribution >= 0.6 is 11.8 Å². The third-order valence-corrected chi connectivity index (χ3v) is 6.15. The monoisotopic (exact) mass is 451 g/mol. The van der Waals surface area contributed by atoms with Gasteiger partial charge in [0.1, 0.15) is 23.0 Å². The van der Waals surface area contributed by atoms with Gasteiger partial charge in [-0.15, -0.1) is 11.8 Å². The van der Waals surface area contributed by atoms with Crippen molar-refractivity contribution in [2.75, 3.05) is 18.8 Å². The standard InChI is InChI=1S/C22H24F3N3O2S/c23-16-3-5-18(6-4-16)31-12-7-20(29)28-22(8-10-26-11-9-22)21(30)27-14-15-1-2-17(24)13-19(15)25/h1-6,13,26H,7-12,14H2,(H,27,30)(H,28,29). The molecule has 0 aromatic heterocycles. The minimum atomic E-state index is -1.08. The molecule has 0 unspecified atom stereocenters. The fourth-order valence-electron chi connectivity index (χ4n) is 3.39. The van der Waals surface area contributed by atoms with E-state index in [9.17, 15) is 22.8 Å². The highest BCUT2D eigenvalue weighted by atomic mass is 32.2. The predicted octanol–water partition coefficient (Wildman–Crippen LogP) is 3.14. The van der Waals surface area contributed by atoms with E-state index in [1.165, 1.54) is 30.0 Å². The van der Waals surface area contributed by atoms with Gasteiger partial charge in [-0.2, -0.15) is 0 Å². The molecule has 2 aromatic rings. The van der Waals surface area contributed by atoms with Crippen molar-refractivity contribution in [3.63, 3.8) is 0 Å². The number of hydrogen-bond acceptors (Lipinski definition) is 4. The Kier molecular flexibility index (Phi) is 7.97. The fourth-order valence-corrected chi connectivity index (χ4v) is 4.25. The summed E-state index contributed by atoms with van der Waals surface area (Å²) in [5.74, 6) is -1.91. The first-order valence-corrected chi connectivity index (χ1v) is 11.0. The van der Waals surface area contributed by atoms with Crippen molar-refractivity contribution < 1.29 is 22.8 Å². The van der Waals surface area contributed by atoms with E-state index in [2.05, 4.69) is 16.0 Å². The average Bonchev–Trinajstić information content (AvgIpc) is 2.75. The number of benzene rings is 2. The first kappa shape index (κ1) is 23.1. The van der Waals surface area contributed by atoms with E-state index in [1.54, 1.807) is 12.1 Å². The maximum absolute atomic E-state index is 13.9. The number of halogens is 3. The highest BCUT2D eigenvalue weighted by Gasteiger charge is 2.40. The lowest BCUT2D eigenvalue weighted by molar-refractivity contribution is -0.134. The lowest BCUT2D eigenvalue weighted by Crippen LogP contribution is -2.62. The molecule has 2 amide bonds. The summed E-state index contributed by atoms with van der Waals surface area (Å²) in [4.78, 5) is 26.3. The van der Waals surface area contributed by atoms with Crippen LogP contribution in [0.4, 0.5) is 13.2 Å². The van der Waals surface area contributed by atoms with Gasteiger partial charge >= 0.3 is 0 Å². The lowest BCUT2D eigenvalue weighted by atomic mass is 9.87. The Labute approximate surface area is 183 Å². The molecule has 3 N–H and O–H groups in total. The van der Waals surface area contributed by atoms with Crippen LogP contribution in [0.3, 0.4) is 0 Å². The van der Waals surface area contributed by atoms with E-state index >= 15 is 0 Å². The zero-order valence-corrected chi connectivity index (χ0v) is 17.7. The van der Waals surface area contributed by atoms with Gasteiger partial charge in [0, 0.05) is 35.2 Å². The number of carbonyl (C=O) groups excluding carboxylic acids is 2. The number of rotatable bonds is 8. The second-order valence-corrected chi connectivity index (χ2v) is 8.52. The number of carbonyl (C=O) groups is 2. The van der Waals surface area contributed by atoms with Crippen LogP contribution in [0.2, 0.25) is 0 Å². The van der Waals surface area contributed by atoms with Crippen molar-refractivity contribution in [1.29, 1.82) is 0 Å². The Morgan fingerprint density at radius 3 is 2.35 bits per heavy atom. The molecule has 166 valence electrons. The average molecular weight is 452 g/mol.